The standard InChI is InChI=1S/C14H18FNO5S/c1-9-3-4-10(12(15)5-9)8-22(19,20)16-6-11(7-16)13(21-2)14(17)18/h3-5,11,13H,6-8H2,1-2H3,(H,17,18). The molecule has 0 amide bonds. The number of rotatable bonds is 6. The van der Waals surface area contributed by atoms with Crippen molar-refractivity contribution in [3.05, 3.63) is 35.1 Å². The highest BCUT2D eigenvalue weighted by Gasteiger charge is 2.42. The minimum absolute atomic E-state index is 0.0701. The Kier molecular flexibility index (Phi) is 4.84. The lowest BCUT2D eigenvalue weighted by atomic mass is 9.96. The summed E-state index contributed by atoms with van der Waals surface area (Å²) in [5, 5.41) is 8.95. The van der Waals surface area contributed by atoms with Gasteiger partial charge in [0.05, 0.1) is 5.75 Å². The zero-order valence-corrected chi connectivity index (χ0v) is 13.1. The first-order chi connectivity index (χ1) is 10.2. The van der Waals surface area contributed by atoms with Gasteiger partial charge in [0.2, 0.25) is 10.0 Å². The van der Waals surface area contributed by atoms with Crippen molar-refractivity contribution in [2.24, 2.45) is 5.92 Å². The molecule has 1 aliphatic rings. The van der Waals surface area contributed by atoms with Crippen molar-refractivity contribution in [3.8, 4) is 0 Å². The van der Waals surface area contributed by atoms with Crippen LogP contribution in [0.15, 0.2) is 18.2 Å². The van der Waals surface area contributed by atoms with Gasteiger partial charge in [0.1, 0.15) is 5.82 Å². The second-order valence-corrected chi connectivity index (χ2v) is 7.39. The summed E-state index contributed by atoms with van der Waals surface area (Å²) in [6.07, 6.45) is -1.03. The molecular formula is C14H18FNO5S. The summed E-state index contributed by atoms with van der Waals surface area (Å²) in [6, 6.07) is 4.39. The summed E-state index contributed by atoms with van der Waals surface area (Å²) < 4.78 is 44.2. The fourth-order valence-corrected chi connectivity index (χ4v) is 4.09. The summed E-state index contributed by atoms with van der Waals surface area (Å²) in [6.45, 7) is 1.86. The van der Waals surface area contributed by atoms with Crippen LogP contribution in [0.2, 0.25) is 0 Å². The number of methoxy groups -OCH3 is 1. The molecule has 1 fully saturated rings. The predicted octanol–water partition coefficient (Wildman–Crippen LogP) is 0.995. The van der Waals surface area contributed by atoms with Crippen molar-refractivity contribution in [1.82, 2.24) is 4.31 Å². The number of hydrogen-bond acceptors (Lipinski definition) is 4. The summed E-state index contributed by atoms with van der Waals surface area (Å²) in [5.74, 6) is -2.49. The topological polar surface area (TPSA) is 83.9 Å². The maximum Gasteiger partial charge on any atom is 0.333 e. The maximum atomic E-state index is 13.8. The van der Waals surface area contributed by atoms with Crippen LogP contribution in [-0.2, 0) is 25.3 Å². The van der Waals surface area contributed by atoms with Crippen molar-refractivity contribution in [1.29, 1.82) is 0 Å². The van der Waals surface area contributed by atoms with Crippen LogP contribution in [0.5, 0.6) is 0 Å². The van der Waals surface area contributed by atoms with Crippen LogP contribution < -0.4 is 0 Å². The molecule has 0 spiro atoms. The van der Waals surface area contributed by atoms with E-state index in [1.165, 1.54) is 19.2 Å². The van der Waals surface area contributed by atoms with Gasteiger partial charge in [-0.05, 0) is 18.6 Å². The van der Waals surface area contributed by atoms with Crippen molar-refractivity contribution < 1.29 is 27.4 Å². The van der Waals surface area contributed by atoms with E-state index in [9.17, 15) is 17.6 Å². The molecular weight excluding hydrogens is 313 g/mol. The average molecular weight is 331 g/mol. The number of carboxylic acids is 1. The summed E-state index contributed by atoms with van der Waals surface area (Å²) in [7, 11) is -2.39. The van der Waals surface area contributed by atoms with Gasteiger partial charge in [-0.25, -0.2) is 21.9 Å². The minimum atomic E-state index is -3.67. The molecule has 1 heterocycles. The Labute approximate surface area is 128 Å². The Balaban J connectivity index is 2.03. The van der Waals surface area contributed by atoms with Crippen LogP contribution in [0, 0.1) is 18.7 Å². The Bertz CT molecular complexity index is 670. The molecule has 1 aromatic rings. The maximum absolute atomic E-state index is 13.8. The quantitative estimate of drug-likeness (QED) is 0.840. The number of carbonyl (C=O) groups is 1. The van der Waals surface area contributed by atoms with E-state index in [1.54, 1.807) is 13.0 Å². The molecule has 22 heavy (non-hydrogen) atoms. The number of aliphatic carboxylic acids is 1. The van der Waals surface area contributed by atoms with E-state index in [1.807, 2.05) is 0 Å². The van der Waals surface area contributed by atoms with E-state index in [-0.39, 0.29) is 24.6 Å². The van der Waals surface area contributed by atoms with Crippen LogP contribution >= 0.6 is 0 Å². The van der Waals surface area contributed by atoms with Crippen LogP contribution in [-0.4, -0.2) is 50.1 Å². The number of hydrogen-bond donors (Lipinski definition) is 1. The predicted molar refractivity (Wildman–Crippen MR) is 77.3 cm³/mol. The number of sulfonamides is 1. The lowest BCUT2D eigenvalue weighted by Crippen LogP contribution is -2.56. The summed E-state index contributed by atoms with van der Waals surface area (Å²) in [4.78, 5) is 10.9. The average Bonchev–Trinajstić information content (AvgIpc) is 2.35. The smallest absolute Gasteiger partial charge is 0.333 e. The first kappa shape index (κ1) is 16.9. The first-order valence-electron chi connectivity index (χ1n) is 6.73. The number of nitrogens with zero attached hydrogens (tertiary/aromatic N) is 1. The van der Waals surface area contributed by atoms with Gasteiger partial charge in [0.15, 0.2) is 6.10 Å². The molecule has 6 nitrogen and oxygen atoms in total. The molecule has 122 valence electrons. The monoisotopic (exact) mass is 331 g/mol. The van der Waals surface area contributed by atoms with E-state index in [2.05, 4.69) is 0 Å². The number of ether oxygens (including phenoxy) is 1. The highest BCUT2D eigenvalue weighted by atomic mass is 32.2. The van der Waals surface area contributed by atoms with Crippen molar-refractivity contribution in [2.45, 2.75) is 18.8 Å². The SMILES string of the molecule is COC(C(=O)O)C1CN(S(=O)(=O)Cc2ccc(C)cc2F)C1. The van der Waals surface area contributed by atoms with Crippen LogP contribution in [0.25, 0.3) is 0 Å². The molecule has 0 aliphatic carbocycles. The van der Waals surface area contributed by atoms with Gasteiger partial charge in [-0.15, -0.1) is 0 Å². The molecule has 2 rings (SSSR count). The third kappa shape index (κ3) is 3.45. The van der Waals surface area contributed by atoms with Crippen molar-refractivity contribution in [2.75, 3.05) is 20.2 Å². The third-order valence-corrected chi connectivity index (χ3v) is 5.50. The normalized spacial score (nSPS) is 18.0. The van der Waals surface area contributed by atoms with Gasteiger partial charge in [-0.3, -0.25) is 0 Å². The molecule has 8 heteroatoms. The molecule has 1 aromatic carbocycles. The fraction of sp³-hybridized carbons (Fsp3) is 0.500. The number of aryl methyl sites for hydroxylation is 1. The fourth-order valence-electron chi connectivity index (χ4n) is 2.44. The molecule has 1 unspecified atom stereocenters. The Morgan fingerprint density at radius 1 is 1.50 bits per heavy atom. The second-order valence-electron chi connectivity index (χ2n) is 5.42. The molecule has 0 aromatic heterocycles. The summed E-state index contributed by atoms with van der Waals surface area (Å²) in [5.41, 5.74) is 0.822. The zero-order chi connectivity index (χ0) is 16.5. The lowest BCUT2D eigenvalue weighted by molar-refractivity contribution is -0.154. The third-order valence-electron chi connectivity index (χ3n) is 3.74. The molecule has 1 atom stereocenters. The van der Waals surface area contributed by atoms with E-state index in [0.29, 0.717) is 5.56 Å². The van der Waals surface area contributed by atoms with Gasteiger partial charge in [-0.1, -0.05) is 12.1 Å². The highest BCUT2D eigenvalue weighted by Crippen LogP contribution is 2.27. The van der Waals surface area contributed by atoms with Crippen LogP contribution in [0.4, 0.5) is 4.39 Å². The molecule has 0 radical (unpaired) electrons. The van der Waals surface area contributed by atoms with Gasteiger partial charge < -0.3 is 9.84 Å². The largest absolute Gasteiger partial charge is 0.479 e. The van der Waals surface area contributed by atoms with E-state index in [0.717, 1.165) is 4.31 Å². The molecule has 0 bridgehead atoms. The van der Waals surface area contributed by atoms with Gasteiger partial charge >= 0.3 is 5.97 Å². The first-order valence-corrected chi connectivity index (χ1v) is 8.34. The van der Waals surface area contributed by atoms with Crippen LogP contribution in [0.1, 0.15) is 11.1 Å². The molecule has 1 saturated heterocycles. The minimum Gasteiger partial charge on any atom is -0.479 e. The molecule has 1 N–H and O–H groups in total. The van der Waals surface area contributed by atoms with Gasteiger partial charge in [0, 0.05) is 31.7 Å². The highest BCUT2D eigenvalue weighted by molar-refractivity contribution is 7.88. The van der Waals surface area contributed by atoms with Gasteiger partial charge in [-0.2, -0.15) is 0 Å². The second kappa shape index (κ2) is 6.31. The zero-order valence-electron chi connectivity index (χ0n) is 12.3. The molecule has 1 aliphatic heterocycles. The molecule has 0 saturated carbocycles. The Hall–Kier alpha value is -1.51. The van der Waals surface area contributed by atoms with Crippen molar-refractivity contribution >= 4 is 16.0 Å². The number of carboxylic acid groups (broad SMARTS) is 1. The van der Waals surface area contributed by atoms with E-state index >= 15 is 0 Å². The van der Waals surface area contributed by atoms with E-state index in [4.69, 9.17) is 9.84 Å². The van der Waals surface area contributed by atoms with Gasteiger partial charge in [0.25, 0.3) is 0 Å². The number of benzene rings is 1. The number of halogens is 1. The summed E-state index contributed by atoms with van der Waals surface area (Å²) >= 11 is 0. The Morgan fingerprint density at radius 3 is 2.64 bits per heavy atom. The lowest BCUT2D eigenvalue weighted by Gasteiger charge is -2.40. The van der Waals surface area contributed by atoms with Crippen LogP contribution in [0.3, 0.4) is 0 Å². The van der Waals surface area contributed by atoms with Crippen molar-refractivity contribution in [3.63, 3.8) is 0 Å². The Morgan fingerprint density at radius 2 is 2.14 bits per heavy atom. The van der Waals surface area contributed by atoms with E-state index < -0.39 is 33.7 Å².